The first-order valence-electron chi connectivity index (χ1n) is 33.0. The van der Waals surface area contributed by atoms with Gasteiger partial charge in [0.25, 0.3) is 11.8 Å². The summed E-state index contributed by atoms with van der Waals surface area (Å²) >= 11 is 0. The van der Waals surface area contributed by atoms with Gasteiger partial charge < -0.3 is 162 Å². The van der Waals surface area contributed by atoms with E-state index < -0.39 is 298 Å². The second-order valence-electron chi connectivity index (χ2n) is 24.2. The first kappa shape index (κ1) is 86.5. The standard InChI is InChI=1S/C58H97N9O35/c68-22-29-41(80)45(84)49(88)55(98-29)94-15-12-61-33(72)7-5-27(53(92)62-13-16-95-56-50(89)46(85)42(81)30(23-69)99-56)65-35(74)18-26(97-58-52(91)48(87)44(83)32(25-71)101-58)19-64-34(73)8-6-28(54(93)63-14-17-96-57-51(90)47(86)43(82)31(24-70)100-57)66-37(76)21-59-20-36(75)60-11-3-1-2-4-40(79)102-67-38(77)9-10-39(67)78/h26-32,41-52,55-59,68-71,80-91H,1-25H2,(H,60,75)(H,61,72)(H,62,92)(H,63,93)(H,64,73)(H,65,74)(H,66,76)/t26-,27-,28-,29+,30+,31+,32+,41+,42+,43+,44+,45-,46-,47-,48-,49-,50-,51-,52-,55-,56-,57-,58-/m0/s1. The zero-order valence-electron chi connectivity index (χ0n) is 55.3. The number of amides is 9. The van der Waals surface area contributed by atoms with Gasteiger partial charge in [-0.3, -0.25) is 48.5 Å². The first-order valence-corrected chi connectivity index (χ1v) is 33.0. The monoisotopic (exact) mass is 1480 g/mol. The van der Waals surface area contributed by atoms with Gasteiger partial charge >= 0.3 is 5.97 Å². The molecule has 5 rings (SSSR count). The maximum absolute atomic E-state index is 14.1. The largest absolute Gasteiger partial charge is 0.394 e. The highest BCUT2D eigenvalue weighted by atomic mass is 16.7. The molecule has 23 atom stereocenters. The van der Waals surface area contributed by atoms with Crippen LogP contribution in [-0.2, 0) is 90.7 Å². The first-order chi connectivity index (χ1) is 48.5. The van der Waals surface area contributed by atoms with Gasteiger partial charge in [0.05, 0.1) is 71.9 Å². The van der Waals surface area contributed by atoms with Crippen molar-refractivity contribution in [1.82, 2.24) is 47.6 Å². The summed E-state index contributed by atoms with van der Waals surface area (Å²) in [5.74, 6) is -8.12. The van der Waals surface area contributed by atoms with Crippen molar-refractivity contribution in [3.63, 3.8) is 0 Å². The minimum absolute atomic E-state index is 0.0638. The summed E-state index contributed by atoms with van der Waals surface area (Å²) in [5, 5.41) is 183. The molecule has 5 heterocycles. The Balaban J connectivity index is 1.23. The molecular weight excluding hydrogens is 1380 g/mol. The molecule has 0 bridgehead atoms. The van der Waals surface area contributed by atoms with Crippen molar-refractivity contribution in [3.05, 3.63) is 0 Å². The van der Waals surface area contributed by atoms with Crippen molar-refractivity contribution in [2.75, 3.05) is 92.1 Å². The Kier molecular flexibility index (Phi) is 37.3. The Hall–Kier alpha value is -6.10. The Morgan fingerprint density at radius 1 is 0.422 bits per heavy atom. The number of aliphatic hydroxyl groups is 16. The smallest absolute Gasteiger partial charge is 0.333 e. The van der Waals surface area contributed by atoms with Crippen LogP contribution in [0, 0.1) is 0 Å². The number of carbonyl (C=O) groups is 10. The fourth-order valence-electron chi connectivity index (χ4n) is 10.6. The third-order valence-electron chi connectivity index (χ3n) is 16.5. The minimum atomic E-state index is -2.07. The fraction of sp³-hybridized carbons (Fsp3) is 0.828. The van der Waals surface area contributed by atoms with E-state index in [1.165, 1.54) is 0 Å². The van der Waals surface area contributed by atoms with Gasteiger partial charge in [-0.1, -0.05) is 6.42 Å². The van der Waals surface area contributed by atoms with Crippen LogP contribution in [-0.4, -0.2) is 379 Å². The fourth-order valence-corrected chi connectivity index (χ4v) is 10.6. The number of rotatable bonds is 43. The number of aliphatic hydroxyl groups excluding tert-OH is 16. The zero-order valence-corrected chi connectivity index (χ0v) is 55.3. The predicted molar refractivity (Wildman–Crippen MR) is 328 cm³/mol. The van der Waals surface area contributed by atoms with Crippen LogP contribution in [0.2, 0.25) is 0 Å². The van der Waals surface area contributed by atoms with Crippen molar-refractivity contribution < 1.29 is 172 Å². The molecule has 5 aliphatic heterocycles. The van der Waals surface area contributed by atoms with Crippen LogP contribution in [0.4, 0.5) is 0 Å². The molecule has 9 amide bonds. The van der Waals surface area contributed by atoms with Gasteiger partial charge in [-0.25, -0.2) is 4.79 Å². The molecule has 0 aromatic rings. The van der Waals surface area contributed by atoms with Crippen molar-refractivity contribution in [2.24, 2.45) is 0 Å². The van der Waals surface area contributed by atoms with Crippen molar-refractivity contribution in [1.29, 1.82) is 0 Å². The lowest BCUT2D eigenvalue weighted by atomic mass is 9.99. The molecule has 0 spiro atoms. The van der Waals surface area contributed by atoms with Crippen LogP contribution in [0.1, 0.15) is 70.6 Å². The molecule has 0 radical (unpaired) electrons. The second-order valence-corrected chi connectivity index (χ2v) is 24.2. The molecule has 44 nitrogen and oxygen atoms in total. The molecule has 44 heteroatoms. The summed E-state index contributed by atoms with van der Waals surface area (Å²) in [6, 6.07) is -3.19. The number of nitrogens with zero attached hydrogens (tertiary/aromatic N) is 1. The highest BCUT2D eigenvalue weighted by Crippen LogP contribution is 2.27. The number of hydrogen-bond acceptors (Lipinski definition) is 36. The zero-order chi connectivity index (χ0) is 75.3. The van der Waals surface area contributed by atoms with Crippen LogP contribution < -0.4 is 42.5 Å². The molecule has 0 aromatic heterocycles. The van der Waals surface area contributed by atoms with Gasteiger partial charge in [0, 0.05) is 64.8 Å². The molecule has 24 N–H and O–H groups in total. The van der Waals surface area contributed by atoms with E-state index in [1.54, 1.807) is 0 Å². The normalized spacial score (nSPS) is 31.2. The third kappa shape index (κ3) is 26.8. The van der Waals surface area contributed by atoms with Crippen molar-refractivity contribution in [2.45, 2.75) is 212 Å². The van der Waals surface area contributed by atoms with Crippen LogP contribution in [0.5, 0.6) is 0 Å². The minimum Gasteiger partial charge on any atom is -0.394 e. The highest BCUT2D eigenvalue weighted by Gasteiger charge is 2.48. The van der Waals surface area contributed by atoms with Crippen molar-refractivity contribution in [3.8, 4) is 0 Å². The predicted octanol–water partition coefficient (Wildman–Crippen LogP) is -15.1. The van der Waals surface area contributed by atoms with E-state index >= 15 is 0 Å². The molecule has 5 saturated heterocycles. The summed E-state index contributed by atoms with van der Waals surface area (Å²) < 4.78 is 43.4. The van der Waals surface area contributed by atoms with Gasteiger partial charge in [-0.2, -0.15) is 0 Å². The number of hydrogen-bond donors (Lipinski definition) is 24. The molecule has 584 valence electrons. The Morgan fingerprint density at radius 2 is 0.804 bits per heavy atom. The third-order valence-corrected chi connectivity index (χ3v) is 16.5. The quantitative estimate of drug-likeness (QED) is 0.0199. The molecule has 102 heavy (non-hydrogen) atoms. The molecule has 0 saturated carbocycles. The number of unbranched alkanes of at least 4 members (excludes halogenated alkanes) is 2. The molecule has 0 aromatic carbocycles. The summed E-state index contributed by atoms with van der Waals surface area (Å²) in [7, 11) is 0. The van der Waals surface area contributed by atoms with Crippen LogP contribution in [0.15, 0.2) is 0 Å². The van der Waals surface area contributed by atoms with Gasteiger partial charge in [0.2, 0.25) is 41.4 Å². The molecular formula is C58H97N9O35. The van der Waals surface area contributed by atoms with Crippen LogP contribution in [0.25, 0.3) is 0 Å². The molecule has 0 aliphatic carbocycles. The van der Waals surface area contributed by atoms with E-state index in [0.717, 1.165) is 0 Å². The van der Waals surface area contributed by atoms with E-state index in [-0.39, 0.29) is 45.5 Å². The van der Waals surface area contributed by atoms with Gasteiger partial charge in [-0.15, -0.1) is 5.06 Å². The average molecular weight is 1480 g/mol. The number of imide groups is 1. The van der Waals surface area contributed by atoms with E-state index in [9.17, 15) is 130 Å². The SMILES string of the molecule is O=C(CC[C@H](NC(=O)C[C@@H](CNC(=O)CC[C@H](NC(=O)CNCC(=O)NCCCCCC(=O)ON1C(=O)CCC1=O)C(=O)NCCO[C@H]1O[C@H](CO)[C@@H](O)[C@H](O)[C@@H]1O)O[C@H]1O[C@H](CO)[C@@H](O)[C@H](O)[C@@H]1O)C(=O)NCCO[C@H]1O[C@H](CO)[C@@H](O)[C@H](O)[C@@H]1O)NCCO[C@H]1O[C@H](CO)[C@@H](O)[C@H](O)[C@@H]1O. The maximum atomic E-state index is 14.1. The number of hydroxylamine groups is 2. The molecule has 0 unspecified atom stereocenters. The van der Waals surface area contributed by atoms with Gasteiger partial charge in [0.15, 0.2) is 25.2 Å². The van der Waals surface area contributed by atoms with Gasteiger partial charge in [-0.05, 0) is 25.7 Å². The van der Waals surface area contributed by atoms with Crippen LogP contribution in [0.3, 0.4) is 0 Å². The Labute approximate surface area is 581 Å². The summed E-state index contributed by atoms with van der Waals surface area (Å²) in [4.78, 5) is 135. The lowest BCUT2D eigenvalue weighted by Gasteiger charge is -2.40. The topological polar surface area (TPSA) is 677 Å². The average Bonchev–Trinajstić information content (AvgIpc) is 0.965. The molecule has 5 fully saturated rings. The highest BCUT2D eigenvalue weighted by molar-refractivity contribution is 6.01. The lowest BCUT2D eigenvalue weighted by Crippen LogP contribution is -2.60. The van der Waals surface area contributed by atoms with E-state index in [2.05, 4.69) is 42.5 Å². The lowest BCUT2D eigenvalue weighted by molar-refractivity contribution is -0.310. The van der Waals surface area contributed by atoms with E-state index in [4.69, 9.17) is 42.7 Å². The maximum Gasteiger partial charge on any atom is 0.333 e. The van der Waals surface area contributed by atoms with E-state index in [0.29, 0.717) is 24.3 Å². The second kappa shape index (κ2) is 44.0. The summed E-state index contributed by atoms with van der Waals surface area (Å²) in [5.41, 5.74) is 0. The van der Waals surface area contributed by atoms with Gasteiger partial charge in [0.1, 0.15) is 110 Å². The summed E-state index contributed by atoms with van der Waals surface area (Å²) in [6.45, 7) is -7.12. The molecule has 5 aliphatic rings. The number of carbonyl (C=O) groups excluding carboxylic acids is 10. The van der Waals surface area contributed by atoms with Crippen molar-refractivity contribution >= 4 is 59.1 Å². The Morgan fingerprint density at radius 3 is 1.25 bits per heavy atom. The Bertz CT molecular complexity index is 2660. The van der Waals surface area contributed by atoms with E-state index in [1.807, 2.05) is 0 Å². The number of ether oxygens (including phenoxy) is 8. The van der Waals surface area contributed by atoms with Crippen LogP contribution >= 0.6 is 0 Å². The summed E-state index contributed by atoms with van der Waals surface area (Å²) in [6.07, 6.45) is -37.8. The number of nitrogens with one attached hydrogen (secondary N) is 8.